The lowest BCUT2D eigenvalue weighted by atomic mass is 9.89. The zero-order chi connectivity index (χ0) is 21.7. The van der Waals surface area contributed by atoms with E-state index in [9.17, 15) is 9.59 Å². The molecular weight excluding hydrogens is 386 g/mol. The lowest BCUT2D eigenvalue weighted by Crippen LogP contribution is -2.57. The molecule has 29 heavy (non-hydrogen) atoms. The second-order valence-electron chi connectivity index (χ2n) is 8.67. The molecule has 6 nitrogen and oxygen atoms in total. The third kappa shape index (κ3) is 10.2. The number of nitrogens with two attached hydrogens (primary N) is 1. The molecular formula is C22H43N3O3S. The van der Waals surface area contributed by atoms with Crippen molar-refractivity contribution >= 4 is 23.6 Å². The van der Waals surface area contributed by atoms with Crippen molar-refractivity contribution in [3.63, 3.8) is 0 Å². The molecule has 0 unspecified atom stereocenters. The van der Waals surface area contributed by atoms with E-state index in [2.05, 4.69) is 24.5 Å². The Morgan fingerprint density at radius 1 is 1.24 bits per heavy atom. The minimum atomic E-state index is -0.650. The summed E-state index contributed by atoms with van der Waals surface area (Å²) < 4.78 is 4.60. The number of thioether (sulfide) groups is 1. The van der Waals surface area contributed by atoms with Crippen molar-refractivity contribution in [2.24, 2.45) is 11.7 Å². The minimum absolute atomic E-state index is 0.0269. The van der Waals surface area contributed by atoms with Gasteiger partial charge in [-0.3, -0.25) is 4.79 Å². The fourth-order valence-corrected chi connectivity index (χ4v) is 5.43. The molecule has 1 saturated carbocycles. The van der Waals surface area contributed by atoms with E-state index in [1.54, 1.807) is 11.8 Å². The van der Waals surface area contributed by atoms with Gasteiger partial charge in [-0.1, -0.05) is 40.0 Å². The van der Waals surface area contributed by atoms with Gasteiger partial charge < -0.3 is 21.1 Å². The summed E-state index contributed by atoms with van der Waals surface area (Å²) in [5.74, 6) is 0.809. The Morgan fingerprint density at radius 2 is 1.93 bits per heavy atom. The highest BCUT2D eigenvalue weighted by atomic mass is 32.2. The predicted octanol–water partition coefficient (Wildman–Crippen LogP) is 3.87. The maximum atomic E-state index is 13.0. The number of amides is 1. The molecule has 1 amide bonds. The van der Waals surface area contributed by atoms with Crippen LogP contribution in [0.3, 0.4) is 0 Å². The highest BCUT2D eigenvalue weighted by molar-refractivity contribution is 8.01. The van der Waals surface area contributed by atoms with Crippen LogP contribution in [0.25, 0.3) is 0 Å². The quantitative estimate of drug-likeness (QED) is 0.363. The van der Waals surface area contributed by atoms with Crippen LogP contribution in [-0.4, -0.2) is 54.2 Å². The number of rotatable bonds is 14. The summed E-state index contributed by atoms with van der Waals surface area (Å²) in [5, 5.41) is 6.61. The predicted molar refractivity (Wildman–Crippen MR) is 122 cm³/mol. The van der Waals surface area contributed by atoms with Gasteiger partial charge in [0.25, 0.3) is 0 Å². The van der Waals surface area contributed by atoms with Crippen LogP contribution in [0.1, 0.15) is 79.1 Å². The van der Waals surface area contributed by atoms with Gasteiger partial charge in [0.15, 0.2) is 5.78 Å². The topological polar surface area (TPSA) is 93.4 Å². The molecule has 1 rings (SSSR count). The third-order valence-electron chi connectivity index (χ3n) is 5.48. The second-order valence-corrected chi connectivity index (χ2v) is 10.8. The van der Waals surface area contributed by atoms with Crippen LogP contribution in [-0.2, 0) is 9.53 Å². The van der Waals surface area contributed by atoms with Crippen LogP contribution in [0.4, 0.5) is 4.79 Å². The summed E-state index contributed by atoms with van der Waals surface area (Å²) in [6.45, 7) is 10.6. The standard InChI is InChI=1S/C22H43N3O3S/c1-5-14-28-21(27)25-20(22(4,16-23)29-17(2)3)19(26)12-9-13-24-15-18-10-7-6-8-11-18/h17-18,20,24H,5-16,23H2,1-4H3,(H,25,27)/t20-,22-/m0/s1. The SMILES string of the molecule is CCCOC(=O)N[C@@H](C(=O)CCCNCC1CCCCC1)[C@](C)(CN)SC(C)C. The van der Waals surface area contributed by atoms with Crippen molar-refractivity contribution in [3.05, 3.63) is 0 Å². The molecule has 1 aliphatic rings. The molecule has 1 aliphatic carbocycles. The first-order valence-corrected chi connectivity index (χ1v) is 12.2. The summed E-state index contributed by atoms with van der Waals surface area (Å²) >= 11 is 1.63. The molecule has 0 heterocycles. The van der Waals surface area contributed by atoms with E-state index in [-0.39, 0.29) is 5.78 Å². The van der Waals surface area contributed by atoms with Crippen LogP contribution in [0.5, 0.6) is 0 Å². The fraction of sp³-hybridized carbons (Fsp3) is 0.909. The summed E-state index contributed by atoms with van der Waals surface area (Å²) in [6, 6.07) is -0.650. The molecule has 0 radical (unpaired) electrons. The molecule has 0 aromatic heterocycles. The zero-order valence-corrected chi connectivity index (χ0v) is 19.7. The average Bonchev–Trinajstić information content (AvgIpc) is 2.70. The molecule has 0 saturated heterocycles. The van der Waals surface area contributed by atoms with Crippen molar-refractivity contribution in [2.45, 2.75) is 95.1 Å². The Morgan fingerprint density at radius 3 is 2.52 bits per heavy atom. The van der Waals surface area contributed by atoms with Crippen LogP contribution in [0.15, 0.2) is 0 Å². The Hall–Kier alpha value is -0.790. The number of ketones is 1. The number of hydrogen-bond donors (Lipinski definition) is 3. The van der Waals surface area contributed by atoms with Crippen molar-refractivity contribution in [3.8, 4) is 0 Å². The highest BCUT2D eigenvalue weighted by Crippen LogP contribution is 2.32. The third-order valence-corrected chi connectivity index (χ3v) is 6.89. The van der Waals surface area contributed by atoms with Crippen molar-refractivity contribution in [2.75, 3.05) is 26.2 Å². The van der Waals surface area contributed by atoms with Gasteiger partial charge in [-0.25, -0.2) is 4.79 Å². The monoisotopic (exact) mass is 429 g/mol. The lowest BCUT2D eigenvalue weighted by molar-refractivity contribution is -0.121. The minimum Gasteiger partial charge on any atom is -0.450 e. The lowest BCUT2D eigenvalue weighted by Gasteiger charge is -2.36. The Bertz CT molecular complexity index is 484. The molecule has 2 atom stereocenters. The number of Topliss-reactive ketones (excluding diaryl/α,β-unsaturated/α-hetero) is 1. The van der Waals surface area contributed by atoms with Gasteiger partial charge in [-0.05, 0) is 56.9 Å². The zero-order valence-electron chi connectivity index (χ0n) is 18.9. The first-order valence-electron chi connectivity index (χ1n) is 11.4. The smallest absolute Gasteiger partial charge is 0.407 e. The summed E-state index contributed by atoms with van der Waals surface area (Å²) in [7, 11) is 0. The maximum absolute atomic E-state index is 13.0. The number of carbonyl (C=O) groups excluding carboxylic acids is 2. The van der Waals surface area contributed by atoms with E-state index >= 15 is 0 Å². The van der Waals surface area contributed by atoms with Crippen LogP contribution in [0, 0.1) is 5.92 Å². The van der Waals surface area contributed by atoms with Crippen molar-refractivity contribution < 1.29 is 14.3 Å². The van der Waals surface area contributed by atoms with Gasteiger partial charge in [-0.2, -0.15) is 0 Å². The Labute approximate surface area is 181 Å². The second kappa shape index (κ2) is 14.3. The molecule has 0 bridgehead atoms. The van der Waals surface area contributed by atoms with Crippen LogP contribution in [0.2, 0.25) is 0 Å². The molecule has 0 aromatic carbocycles. The number of nitrogens with one attached hydrogen (secondary N) is 2. The molecule has 0 spiro atoms. The number of carbonyl (C=O) groups is 2. The van der Waals surface area contributed by atoms with E-state index in [4.69, 9.17) is 10.5 Å². The van der Waals surface area contributed by atoms with Gasteiger partial charge in [0.2, 0.25) is 0 Å². The first-order chi connectivity index (χ1) is 13.8. The number of ether oxygens (including phenoxy) is 1. The molecule has 4 N–H and O–H groups in total. The molecule has 170 valence electrons. The van der Waals surface area contributed by atoms with Crippen molar-refractivity contribution in [1.82, 2.24) is 10.6 Å². The van der Waals surface area contributed by atoms with Gasteiger partial charge in [0.05, 0.1) is 11.4 Å². The molecule has 1 fully saturated rings. The van der Waals surface area contributed by atoms with Crippen molar-refractivity contribution in [1.29, 1.82) is 0 Å². The van der Waals surface area contributed by atoms with E-state index in [0.29, 0.717) is 24.8 Å². The fourth-order valence-electron chi connectivity index (χ4n) is 3.93. The van der Waals surface area contributed by atoms with E-state index < -0.39 is 16.9 Å². The van der Waals surface area contributed by atoms with Gasteiger partial charge in [0, 0.05) is 13.0 Å². The number of hydrogen-bond acceptors (Lipinski definition) is 6. The number of alkyl carbamates (subject to hydrolysis) is 1. The largest absolute Gasteiger partial charge is 0.450 e. The average molecular weight is 430 g/mol. The van der Waals surface area contributed by atoms with E-state index in [1.807, 2.05) is 13.8 Å². The van der Waals surface area contributed by atoms with E-state index in [0.717, 1.165) is 31.8 Å². The normalized spacial score (nSPS) is 18.3. The van der Waals surface area contributed by atoms with Crippen LogP contribution >= 0.6 is 11.8 Å². The van der Waals surface area contributed by atoms with Gasteiger partial charge >= 0.3 is 6.09 Å². The Kier molecular flexibility index (Phi) is 12.9. The van der Waals surface area contributed by atoms with Crippen LogP contribution < -0.4 is 16.4 Å². The summed E-state index contributed by atoms with van der Waals surface area (Å²) in [5.41, 5.74) is 6.05. The summed E-state index contributed by atoms with van der Waals surface area (Å²) in [6.07, 6.45) is 8.09. The Balaban J connectivity index is 2.57. The first kappa shape index (κ1) is 26.2. The van der Waals surface area contributed by atoms with E-state index in [1.165, 1.54) is 32.1 Å². The molecule has 7 heteroatoms. The van der Waals surface area contributed by atoms with Gasteiger partial charge in [0.1, 0.15) is 6.04 Å². The molecule has 0 aliphatic heterocycles. The van der Waals surface area contributed by atoms with Gasteiger partial charge in [-0.15, -0.1) is 11.8 Å². The molecule has 0 aromatic rings. The summed E-state index contributed by atoms with van der Waals surface area (Å²) in [4.78, 5) is 25.2. The highest BCUT2D eigenvalue weighted by Gasteiger charge is 2.40. The maximum Gasteiger partial charge on any atom is 0.407 e.